The number of halogens is 1. The van der Waals surface area contributed by atoms with E-state index in [0.717, 1.165) is 21.2 Å². The van der Waals surface area contributed by atoms with Gasteiger partial charge in [0.2, 0.25) is 0 Å². The van der Waals surface area contributed by atoms with Crippen molar-refractivity contribution in [2.45, 2.75) is 0 Å². The van der Waals surface area contributed by atoms with Crippen molar-refractivity contribution >= 4 is 26.7 Å². The van der Waals surface area contributed by atoms with Crippen molar-refractivity contribution in [2.24, 2.45) is 0 Å². The van der Waals surface area contributed by atoms with Gasteiger partial charge in [-0.3, -0.25) is 4.98 Å². The van der Waals surface area contributed by atoms with E-state index in [0.29, 0.717) is 0 Å². The fourth-order valence-corrected chi connectivity index (χ4v) is 2.25. The first kappa shape index (κ1) is 10.4. The first-order chi connectivity index (χ1) is 8.34. The van der Waals surface area contributed by atoms with E-state index >= 15 is 0 Å². The Morgan fingerprint density at radius 3 is 2.71 bits per heavy atom. The highest BCUT2D eigenvalue weighted by Crippen LogP contribution is 2.27. The summed E-state index contributed by atoms with van der Waals surface area (Å²) in [7, 11) is 0. The van der Waals surface area contributed by atoms with Crippen LogP contribution in [0, 0.1) is 0 Å². The number of benzene rings is 1. The molecule has 0 fully saturated rings. The van der Waals surface area contributed by atoms with Crippen molar-refractivity contribution in [3.63, 3.8) is 0 Å². The molecule has 3 heteroatoms. The predicted octanol–water partition coefficient (Wildman–Crippen LogP) is 4.06. The summed E-state index contributed by atoms with van der Waals surface area (Å²) in [5.74, 6) is 0. The van der Waals surface area contributed by atoms with Gasteiger partial charge in [-0.05, 0) is 39.5 Å². The lowest BCUT2D eigenvalue weighted by Crippen LogP contribution is -1.86. The summed E-state index contributed by atoms with van der Waals surface area (Å²) in [6.07, 6.45) is 3.68. The SMILES string of the molecule is Brc1cccc(-c2cccc3cnccc23)n1. The molecule has 82 valence electrons. The summed E-state index contributed by atoms with van der Waals surface area (Å²) < 4.78 is 0.848. The molecular weight excluding hydrogens is 276 g/mol. The smallest absolute Gasteiger partial charge is 0.106 e. The zero-order valence-corrected chi connectivity index (χ0v) is 10.6. The molecule has 2 nitrogen and oxygen atoms in total. The molecule has 0 aliphatic carbocycles. The van der Waals surface area contributed by atoms with Crippen LogP contribution in [-0.4, -0.2) is 9.97 Å². The zero-order chi connectivity index (χ0) is 11.7. The molecule has 2 aromatic heterocycles. The zero-order valence-electron chi connectivity index (χ0n) is 8.97. The standard InChI is InChI=1S/C14H9BrN2/c15-14-6-2-5-13(17-14)12-4-1-3-10-9-16-8-7-11(10)12/h1-9H. The van der Waals surface area contributed by atoms with Gasteiger partial charge in [0.05, 0.1) is 5.69 Å². The average Bonchev–Trinajstić information content (AvgIpc) is 2.38. The van der Waals surface area contributed by atoms with Crippen LogP contribution in [0.15, 0.2) is 59.5 Å². The van der Waals surface area contributed by atoms with E-state index in [2.05, 4.69) is 38.0 Å². The minimum absolute atomic E-state index is 0.848. The van der Waals surface area contributed by atoms with Gasteiger partial charge in [-0.25, -0.2) is 4.98 Å². The highest BCUT2D eigenvalue weighted by atomic mass is 79.9. The monoisotopic (exact) mass is 284 g/mol. The van der Waals surface area contributed by atoms with Gasteiger partial charge < -0.3 is 0 Å². The van der Waals surface area contributed by atoms with Crippen LogP contribution in [0.5, 0.6) is 0 Å². The predicted molar refractivity (Wildman–Crippen MR) is 72.7 cm³/mol. The van der Waals surface area contributed by atoms with Gasteiger partial charge in [0.25, 0.3) is 0 Å². The van der Waals surface area contributed by atoms with E-state index in [4.69, 9.17) is 0 Å². The Hall–Kier alpha value is -1.74. The van der Waals surface area contributed by atoms with Crippen LogP contribution < -0.4 is 0 Å². The molecule has 3 rings (SSSR count). The second-order valence-electron chi connectivity index (χ2n) is 3.75. The van der Waals surface area contributed by atoms with Crippen molar-refractivity contribution in [3.05, 3.63) is 59.5 Å². The fraction of sp³-hybridized carbons (Fsp3) is 0. The Morgan fingerprint density at radius 1 is 0.941 bits per heavy atom. The van der Waals surface area contributed by atoms with Crippen LogP contribution in [0.3, 0.4) is 0 Å². The lowest BCUT2D eigenvalue weighted by Gasteiger charge is -2.05. The number of fused-ring (bicyclic) bond motifs is 1. The third kappa shape index (κ3) is 1.94. The maximum atomic E-state index is 4.49. The molecule has 0 aliphatic heterocycles. The molecule has 0 atom stereocenters. The second kappa shape index (κ2) is 4.26. The Labute approximate surface area is 107 Å². The number of nitrogens with zero attached hydrogens (tertiary/aromatic N) is 2. The summed E-state index contributed by atoms with van der Waals surface area (Å²) in [6.45, 7) is 0. The van der Waals surface area contributed by atoms with Crippen molar-refractivity contribution in [1.29, 1.82) is 0 Å². The first-order valence-electron chi connectivity index (χ1n) is 5.30. The number of hydrogen-bond acceptors (Lipinski definition) is 2. The van der Waals surface area contributed by atoms with Crippen molar-refractivity contribution in [2.75, 3.05) is 0 Å². The molecule has 0 saturated carbocycles. The third-order valence-corrected chi connectivity index (χ3v) is 3.11. The number of hydrogen-bond donors (Lipinski definition) is 0. The van der Waals surface area contributed by atoms with E-state index in [-0.39, 0.29) is 0 Å². The number of rotatable bonds is 1. The van der Waals surface area contributed by atoms with E-state index in [9.17, 15) is 0 Å². The molecule has 0 bridgehead atoms. The van der Waals surface area contributed by atoms with E-state index in [1.165, 1.54) is 5.39 Å². The van der Waals surface area contributed by atoms with E-state index in [1.54, 1.807) is 0 Å². The minimum Gasteiger partial charge on any atom is -0.264 e. The largest absolute Gasteiger partial charge is 0.264 e. The maximum absolute atomic E-state index is 4.49. The molecule has 0 N–H and O–H groups in total. The molecule has 0 unspecified atom stereocenters. The van der Waals surface area contributed by atoms with Gasteiger partial charge in [0.1, 0.15) is 4.60 Å². The fourth-order valence-electron chi connectivity index (χ4n) is 1.90. The first-order valence-corrected chi connectivity index (χ1v) is 6.09. The number of aromatic nitrogens is 2. The molecular formula is C14H9BrN2. The molecule has 0 spiro atoms. The van der Waals surface area contributed by atoms with Crippen LogP contribution in [0.25, 0.3) is 22.0 Å². The van der Waals surface area contributed by atoms with Crippen molar-refractivity contribution in [3.8, 4) is 11.3 Å². The Kier molecular flexibility index (Phi) is 2.61. The molecule has 3 aromatic rings. The van der Waals surface area contributed by atoms with Gasteiger partial charge in [0, 0.05) is 23.3 Å². The van der Waals surface area contributed by atoms with Gasteiger partial charge in [-0.2, -0.15) is 0 Å². The molecule has 0 radical (unpaired) electrons. The van der Waals surface area contributed by atoms with Crippen molar-refractivity contribution < 1.29 is 0 Å². The lowest BCUT2D eigenvalue weighted by atomic mass is 10.0. The van der Waals surface area contributed by atoms with Gasteiger partial charge in [0.15, 0.2) is 0 Å². The topological polar surface area (TPSA) is 25.8 Å². The highest BCUT2D eigenvalue weighted by molar-refractivity contribution is 9.10. The Morgan fingerprint density at radius 2 is 1.82 bits per heavy atom. The molecule has 0 aliphatic rings. The normalized spacial score (nSPS) is 10.6. The summed E-state index contributed by atoms with van der Waals surface area (Å²) in [4.78, 5) is 8.63. The Balaban J connectivity index is 2.30. The van der Waals surface area contributed by atoms with Crippen LogP contribution >= 0.6 is 15.9 Å². The third-order valence-electron chi connectivity index (χ3n) is 2.67. The van der Waals surface area contributed by atoms with Gasteiger partial charge >= 0.3 is 0 Å². The van der Waals surface area contributed by atoms with Crippen molar-refractivity contribution in [1.82, 2.24) is 9.97 Å². The molecule has 1 aromatic carbocycles. The Bertz CT molecular complexity index is 674. The summed E-state index contributed by atoms with van der Waals surface area (Å²) in [6, 6.07) is 14.1. The second-order valence-corrected chi connectivity index (χ2v) is 4.56. The van der Waals surface area contributed by atoms with Crippen LogP contribution in [-0.2, 0) is 0 Å². The van der Waals surface area contributed by atoms with Gasteiger partial charge in [-0.15, -0.1) is 0 Å². The summed E-state index contributed by atoms with van der Waals surface area (Å²) >= 11 is 3.40. The molecule has 2 heterocycles. The van der Waals surface area contributed by atoms with Gasteiger partial charge in [-0.1, -0.05) is 24.3 Å². The lowest BCUT2D eigenvalue weighted by molar-refractivity contribution is 1.28. The molecule has 0 saturated heterocycles. The van der Waals surface area contributed by atoms with E-state index in [1.807, 2.05) is 42.7 Å². The molecule has 17 heavy (non-hydrogen) atoms. The summed E-state index contributed by atoms with van der Waals surface area (Å²) in [5, 5.41) is 2.31. The van der Waals surface area contributed by atoms with Crippen LogP contribution in [0.4, 0.5) is 0 Å². The quantitative estimate of drug-likeness (QED) is 0.630. The molecule has 0 amide bonds. The van der Waals surface area contributed by atoms with Crippen LogP contribution in [0.2, 0.25) is 0 Å². The minimum atomic E-state index is 0.848. The number of pyridine rings is 2. The summed E-state index contributed by atoms with van der Waals surface area (Å²) in [5.41, 5.74) is 2.10. The average molecular weight is 285 g/mol. The maximum Gasteiger partial charge on any atom is 0.106 e. The van der Waals surface area contributed by atoms with E-state index < -0.39 is 0 Å². The highest BCUT2D eigenvalue weighted by Gasteiger charge is 2.04. The van der Waals surface area contributed by atoms with Crippen LogP contribution in [0.1, 0.15) is 0 Å².